The Bertz CT molecular complexity index is 155. The maximum Gasteiger partial charge on any atom is 0.239 e. The van der Waals surface area contributed by atoms with E-state index in [2.05, 4.69) is 21.4 Å². The molecular weight excluding hydrogens is 144 g/mol. The predicted octanol–water partition coefficient (Wildman–Crippen LogP) is -0.778. The fourth-order valence-corrected chi connectivity index (χ4v) is 0.646. The molecule has 64 valence electrons. The predicted molar refractivity (Wildman–Crippen MR) is 44.0 cm³/mol. The number of amides is 1. The van der Waals surface area contributed by atoms with E-state index in [-0.39, 0.29) is 5.91 Å². The third-order valence-corrected chi connectivity index (χ3v) is 0.983. The van der Waals surface area contributed by atoms with Crippen molar-refractivity contribution < 1.29 is 4.79 Å². The summed E-state index contributed by atoms with van der Waals surface area (Å²) in [7, 11) is 3.34. The molecule has 0 bridgehead atoms. The third-order valence-electron chi connectivity index (χ3n) is 0.983. The van der Waals surface area contributed by atoms with Gasteiger partial charge in [-0.15, -0.1) is 0 Å². The van der Waals surface area contributed by atoms with Crippen molar-refractivity contribution in [1.82, 2.24) is 16.3 Å². The van der Waals surface area contributed by atoms with Crippen LogP contribution in [-0.2, 0) is 4.79 Å². The van der Waals surface area contributed by atoms with Crippen molar-refractivity contribution >= 4 is 11.6 Å². The zero-order valence-corrected chi connectivity index (χ0v) is 7.06. The molecule has 5 heteroatoms. The highest BCUT2D eigenvalue weighted by molar-refractivity contribution is 5.99. The molecule has 0 atom stereocenters. The molecule has 0 unspecified atom stereocenters. The number of hydrogen-bond donors (Lipinski definition) is 3. The van der Waals surface area contributed by atoms with E-state index in [9.17, 15) is 4.79 Å². The standard InChI is InChI=1S/C6H14N4O/c1-5(9-7-2)4-6(11)10-8-3/h7-8H,4H2,1-3H3,(H,10,11)/b9-5+. The average molecular weight is 158 g/mol. The molecule has 0 saturated carbocycles. The summed E-state index contributed by atoms with van der Waals surface area (Å²) in [5.41, 5.74) is 8.33. The molecule has 0 aliphatic heterocycles. The normalized spacial score (nSPS) is 11.0. The second-order valence-corrected chi connectivity index (χ2v) is 2.05. The molecule has 0 heterocycles. The van der Waals surface area contributed by atoms with Gasteiger partial charge in [-0.05, 0) is 6.92 Å². The Morgan fingerprint density at radius 1 is 1.45 bits per heavy atom. The topological polar surface area (TPSA) is 65.5 Å². The van der Waals surface area contributed by atoms with Gasteiger partial charge in [0.15, 0.2) is 0 Å². The van der Waals surface area contributed by atoms with Gasteiger partial charge in [0.25, 0.3) is 0 Å². The molecule has 11 heavy (non-hydrogen) atoms. The summed E-state index contributed by atoms with van der Waals surface area (Å²) in [4.78, 5) is 10.8. The van der Waals surface area contributed by atoms with Crippen molar-refractivity contribution in [3.8, 4) is 0 Å². The lowest BCUT2D eigenvalue weighted by atomic mass is 10.3. The summed E-state index contributed by atoms with van der Waals surface area (Å²) in [5.74, 6) is -0.0935. The summed E-state index contributed by atoms with van der Waals surface area (Å²) < 4.78 is 0. The Morgan fingerprint density at radius 3 is 2.55 bits per heavy atom. The summed E-state index contributed by atoms with van der Waals surface area (Å²) in [5, 5.41) is 3.82. The lowest BCUT2D eigenvalue weighted by Gasteiger charge is -2.01. The van der Waals surface area contributed by atoms with Crippen LogP contribution < -0.4 is 16.3 Å². The second-order valence-electron chi connectivity index (χ2n) is 2.05. The SMILES string of the molecule is CN/N=C(\C)CC(=O)NNC. The van der Waals surface area contributed by atoms with Crippen molar-refractivity contribution in [3.05, 3.63) is 0 Å². The number of carbonyl (C=O) groups is 1. The average Bonchev–Trinajstić information content (AvgIpc) is 1.87. The molecule has 0 aromatic rings. The lowest BCUT2D eigenvalue weighted by molar-refractivity contribution is -0.120. The van der Waals surface area contributed by atoms with Crippen LogP contribution in [0.25, 0.3) is 0 Å². The smallest absolute Gasteiger partial charge is 0.239 e. The van der Waals surface area contributed by atoms with Crippen molar-refractivity contribution in [2.24, 2.45) is 5.10 Å². The monoisotopic (exact) mass is 158 g/mol. The van der Waals surface area contributed by atoms with Gasteiger partial charge in [-0.25, -0.2) is 5.43 Å². The maximum atomic E-state index is 10.8. The molecule has 5 nitrogen and oxygen atoms in total. The molecule has 1 amide bonds. The first-order valence-electron chi connectivity index (χ1n) is 3.36. The third kappa shape index (κ3) is 5.35. The van der Waals surface area contributed by atoms with Gasteiger partial charge in [-0.1, -0.05) is 0 Å². The molecule has 0 aliphatic rings. The van der Waals surface area contributed by atoms with Gasteiger partial charge in [-0.2, -0.15) is 5.10 Å². The van der Waals surface area contributed by atoms with Crippen molar-refractivity contribution in [3.63, 3.8) is 0 Å². The summed E-state index contributed by atoms with van der Waals surface area (Å²) in [6, 6.07) is 0. The van der Waals surface area contributed by atoms with Crippen LogP contribution in [0.2, 0.25) is 0 Å². The Hall–Kier alpha value is -1.10. The quantitative estimate of drug-likeness (QED) is 0.371. The van der Waals surface area contributed by atoms with E-state index in [1.54, 1.807) is 21.0 Å². The molecule has 0 aromatic heterocycles. The molecule has 0 aliphatic carbocycles. The summed E-state index contributed by atoms with van der Waals surface area (Å²) in [6.45, 7) is 1.78. The van der Waals surface area contributed by atoms with Crippen LogP contribution in [0.1, 0.15) is 13.3 Å². The molecule has 0 rings (SSSR count). The molecule has 0 radical (unpaired) electrons. The van der Waals surface area contributed by atoms with Crippen LogP contribution in [0.4, 0.5) is 0 Å². The number of nitrogens with one attached hydrogen (secondary N) is 3. The van der Waals surface area contributed by atoms with Crippen LogP contribution in [0.15, 0.2) is 5.10 Å². The highest BCUT2D eigenvalue weighted by Gasteiger charge is 2.00. The first-order chi connectivity index (χ1) is 5.20. The van der Waals surface area contributed by atoms with E-state index >= 15 is 0 Å². The van der Waals surface area contributed by atoms with Crippen LogP contribution in [0.5, 0.6) is 0 Å². The van der Waals surface area contributed by atoms with Gasteiger partial charge in [-0.3, -0.25) is 10.2 Å². The van der Waals surface area contributed by atoms with Crippen LogP contribution in [-0.4, -0.2) is 25.7 Å². The molecule has 0 spiro atoms. The highest BCUT2D eigenvalue weighted by atomic mass is 16.2. The minimum Gasteiger partial charge on any atom is -0.313 e. The minimum atomic E-state index is -0.0935. The molecule has 0 saturated heterocycles. The molecule has 3 N–H and O–H groups in total. The van der Waals surface area contributed by atoms with Gasteiger partial charge in [0.2, 0.25) is 5.91 Å². The molecule has 0 aromatic carbocycles. The van der Waals surface area contributed by atoms with Crippen LogP contribution in [0, 0.1) is 0 Å². The van der Waals surface area contributed by atoms with Crippen molar-refractivity contribution in [2.45, 2.75) is 13.3 Å². The summed E-state index contributed by atoms with van der Waals surface area (Å²) in [6.07, 6.45) is 0.307. The summed E-state index contributed by atoms with van der Waals surface area (Å²) >= 11 is 0. The zero-order chi connectivity index (χ0) is 8.69. The Balaban J connectivity index is 3.66. The fraction of sp³-hybridized carbons (Fsp3) is 0.667. The Morgan fingerprint density at radius 2 is 2.09 bits per heavy atom. The van der Waals surface area contributed by atoms with Gasteiger partial charge in [0.05, 0.1) is 6.42 Å². The number of hydrogen-bond acceptors (Lipinski definition) is 4. The number of hydrazine groups is 1. The maximum absolute atomic E-state index is 10.8. The Labute approximate surface area is 66.2 Å². The van der Waals surface area contributed by atoms with E-state index in [4.69, 9.17) is 0 Å². The first kappa shape index (κ1) is 9.90. The number of nitrogens with zero attached hydrogens (tertiary/aromatic N) is 1. The minimum absolute atomic E-state index is 0.0935. The van der Waals surface area contributed by atoms with Gasteiger partial charge in [0, 0.05) is 19.8 Å². The molecular formula is C6H14N4O. The highest BCUT2D eigenvalue weighted by Crippen LogP contribution is 1.83. The van der Waals surface area contributed by atoms with Gasteiger partial charge >= 0.3 is 0 Å². The zero-order valence-electron chi connectivity index (χ0n) is 7.06. The number of rotatable bonds is 4. The second kappa shape index (κ2) is 5.67. The molecule has 0 fully saturated rings. The lowest BCUT2D eigenvalue weighted by Crippen LogP contribution is -2.35. The van der Waals surface area contributed by atoms with E-state index in [0.29, 0.717) is 6.42 Å². The van der Waals surface area contributed by atoms with E-state index in [1.165, 1.54) is 0 Å². The largest absolute Gasteiger partial charge is 0.313 e. The van der Waals surface area contributed by atoms with E-state index in [0.717, 1.165) is 5.71 Å². The van der Waals surface area contributed by atoms with Crippen LogP contribution >= 0.6 is 0 Å². The Kier molecular flexibility index (Phi) is 5.10. The van der Waals surface area contributed by atoms with Crippen LogP contribution in [0.3, 0.4) is 0 Å². The van der Waals surface area contributed by atoms with Crippen molar-refractivity contribution in [2.75, 3.05) is 14.1 Å². The number of carbonyl (C=O) groups excluding carboxylic acids is 1. The van der Waals surface area contributed by atoms with E-state index in [1.807, 2.05) is 0 Å². The van der Waals surface area contributed by atoms with Gasteiger partial charge < -0.3 is 5.43 Å². The fourth-order valence-electron chi connectivity index (χ4n) is 0.646. The van der Waals surface area contributed by atoms with E-state index < -0.39 is 0 Å². The van der Waals surface area contributed by atoms with Gasteiger partial charge in [0.1, 0.15) is 0 Å². The number of hydrazone groups is 1. The van der Waals surface area contributed by atoms with Crippen molar-refractivity contribution in [1.29, 1.82) is 0 Å². The first-order valence-corrected chi connectivity index (χ1v) is 3.36.